The highest BCUT2D eigenvalue weighted by molar-refractivity contribution is 8.65. The summed E-state index contributed by atoms with van der Waals surface area (Å²) in [6.07, 6.45) is 0. The first kappa shape index (κ1) is 7.61. The van der Waals surface area contributed by atoms with E-state index in [1.165, 1.54) is 0 Å². The molecule has 0 fully saturated rings. The van der Waals surface area contributed by atoms with Crippen molar-refractivity contribution >= 4 is 33.2 Å². The van der Waals surface area contributed by atoms with Gasteiger partial charge in [-0.15, -0.1) is 12.6 Å². The van der Waals surface area contributed by atoms with E-state index in [4.69, 9.17) is 5.73 Å². The molecule has 1 unspecified atom stereocenters. The Kier molecular flexibility index (Phi) is 2.45. The van der Waals surface area contributed by atoms with E-state index in [0.717, 1.165) is 0 Å². The molecule has 0 amide bonds. The Labute approximate surface area is 52.4 Å². The fourth-order valence-electron chi connectivity index (χ4n) is 0. The van der Waals surface area contributed by atoms with E-state index in [0.29, 0.717) is 0 Å². The smallest absolute Gasteiger partial charge is 0.223 e. The van der Waals surface area contributed by atoms with Gasteiger partial charge in [0.15, 0.2) is 4.71 Å². The van der Waals surface area contributed by atoms with Crippen LogP contribution in [0.5, 0.6) is 0 Å². The SMILES string of the molecule is NC(S)S(=O)(=O)S. The van der Waals surface area contributed by atoms with Crippen LogP contribution in [0.25, 0.3) is 0 Å². The fourth-order valence-corrected chi connectivity index (χ4v) is 0. The van der Waals surface area contributed by atoms with Crippen LogP contribution < -0.4 is 5.73 Å². The first-order valence-electron chi connectivity index (χ1n) is 1.34. The van der Waals surface area contributed by atoms with Gasteiger partial charge in [-0.3, -0.25) is 0 Å². The van der Waals surface area contributed by atoms with E-state index in [1.54, 1.807) is 0 Å². The summed E-state index contributed by atoms with van der Waals surface area (Å²) in [6, 6.07) is 0. The van der Waals surface area contributed by atoms with E-state index in [9.17, 15) is 8.42 Å². The predicted molar refractivity (Wildman–Crippen MR) is 34.9 cm³/mol. The minimum atomic E-state index is -3.40. The van der Waals surface area contributed by atoms with Crippen molar-refractivity contribution in [1.82, 2.24) is 0 Å². The molecule has 0 rings (SSSR count). The Balaban J connectivity index is 4.10. The van der Waals surface area contributed by atoms with Gasteiger partial charge in [0, 0.05) is 0 Å². The molecule has 1 atom stereocenters. The summed E-state index contributed by atoms with van der Waals surface area (Å²) in [5, 5.41) is 0. The Morgan fingerprint density at radius 1 is 1.57 bits per heavy atom. The van der Waals surface area contributed by atoms with E-state index < -0.39 is 13.6 Å². The van der Waals surface area contributed by atoms with Gasteiger partial charge in [0.25, 0.3) is 0 Å². The first-order valence-corrected chi connectivity index (χ1v) is 4.46. The van der Waals surface area contributed by atoms with Crippen molar-refractivity contribution in [3.63, 3.8) is 0 Å². The predicted octanol–water partition coefficient (Wildman–Crippen LogP) is -0.582. The number of rotatable bonds is 1. The van der Waals surface area contributed by atoms with Crippen LogP contribution in [0.2, 0.25) is 0 Å². The van der Waals surface area contributed by atoms with Crippen LogP contribution >= 0.6 is 24.3 Å². The van der Waals surface area contributed by atoms with Crippen molar-refractivity contribution in [1.29, 1.82) is 0 Å². The highest BCUT2D eigenvalue weighted by atomic mass is 33.1. The molecule has 3 nitrogen and oxygen atoms in total. The van der Waals surface area contributed by atoms with Gasteiger partial charge in [-0.1, -0.05) is 0 Å². The molecule has 6 heteroatoms. The van der Waals surface area contributed by atoms with Crippen LogP contribution in [-0.2, 0) is 8.87 Å². The molecule has 0 aromatic carbocycles. The van der Waals surface area contributed by atoms with Crippen LogP contribution in [0, 0.1) is 0 Å². The van der Waals surface area contributed by atoms with Gasteiger partial charge in [-0.2, -0.15) is 0 Å². The maximum absolute atomic E-state index is 9.99. The average Bonchev–Trinajstić information content (AvgIpc) is 1.31. The molecule has 0 aromatic heterocycles. The second kappa shape index (κ2) is 2.25. The molecular formula is CH5NO2S3. The number of nitrogens with two attached hydrogens (primary N) is 1. The highest BCUT2D eigenvalue weighted by Gasteiger charge is 2.08. The van der Waals surface area contributed by atoms with Crippen molar-refractivity contribution < 1.29 is 8.42 Å². The lowest BCUT2D eigenvalue weighted by Gasteiger charge is -1.94. The number of hydrogen-bond donors (Lipinski definition) is 3. The van der Waals surface area contributed by atoms with Crippen LogP contribution in [0.4, 0.5) is 0 Å². The van der Waals surface area contributed by atoms with Crippen molar-refractivity contribution in [2.45, 2.75) is 4.71 Å². The van der Waals surface area contributed by atoms with Gasteiger partial charge in [-0.05, 0) is 11.7 Å². The molecule has 44 valence electrons. The maximum atomic E-state index is 9.99. The first-order chi connectivity index (χ1) is 2.94. The summed E-state index contributed by atoms with van der Waals surface area (Å²) >= 11 is 6.51. The summed E-state index contributed by atoms with van der Waals surface area (Å²) in [4.78, 5) is 0. The van der Waals surface area contributed by atoms with E-state index in [2.05, 4.69) is 24.3 Å². The second-order valence-corrected chi connectivity index (χ2v) is 4.88. The van der Waals surface area contributed by atoms with E-state index in [1.807, 2.05) is 0 Å². The lowest BCUT2D eigenvalue weighted by molar-refractivity contribution is 0.609. The molecule has 7 heavy (non-hydrogen) atoms. The molecule has 0 saturated heterocycles. The van der Waals surface area contributed by atoms with E-state index in [-0.39, 0.29) is 0 Å². The summed E-state index contributed by atoms with van der Waals surface area (Å²) < 4.78 is 18.8. The van der Waals surface area contributed by atoms with Gasteiger partial charge in [0.2, 0.25) is 8.87 Å². The summed E-state index contributed by atoms with van der Waals surface area (Å²) in [6.45, 7) is 0. The highest BCUT2D eigenvalue weighted by Crippen LogP contribution is 2.02. The molecular weight excluding hydrogens is 154 g/mol. The largest absolute Gasteiger partial charge is 0.306 e. The lowest BCUT2D eigenvalue weighted by Crippen LogP contribution is -2.19. The standard InChI is InChI=1S/CH5NO2S3/c2-1(5)7(3,4)6/h1,5H,2H2,(H,3,4,6). The molecule has 0 heterocycles. The monoisotopic (exact) mass is 159 g/mol. The van der Waals surface area contributed by atoms with Crippen molar-refractivity contribution in [2.75, 3.05) is 0 Å². The third-order valence-corrected chi connectivity index (χ3v) is 2.93. The zero-order valence-corrected chi connectivity index (χ0v) is 5.88. The van der Waals surface area contributed by atoms with Gasteiger partial charge in [-0.25, -0.2) is 8.42 Å². The molecule has 0 radical (unpaired) electrons. The van der Waals surface area contributed by atoms with Crippen LogP contribution in [-0.4, -0.2) is 13.1 Å². The molecule has 0 aliphatic rings. The van der Waals surface area contributed by atoms with Crippen LogP contribution in [0.15, 0.2) is 0 Å². The minimum Gasteiger partial charge on any atom is -0.306 e. The molecule has 0 aromatic rings. The van der Waals surface area contributed by atoms with E-state index >= 15 is 0 Å². The van der Waals surface area contributed by atoms with Gasteiger partial charge < -0.3 is 5.73 Å². The summed E-state index contributed by atoms with van der Waals surface area (Å²) in [5.41, 5.74) is 4.77. The normalized spacial score (nSPS) is 16.4. The topological polar surface area (TPSA) is 60.2 Å². The van der Waals surface area contributed by atoms with Crippen molar-refractivity contribution in [3.05, 3.63) is 0 Å². The molecule has 0 aliphatic heterocycles. The van der Waals surface area contributed by atoms with Crippen LogP contribution in [0.3, 0.4) is 0 Å². The van der Waals surface area contributed by atoms with Crippen LogP contribution in [0.1, 0.15) is 0 Å². The Morgan fingerprint density at radius 3 is 1.71 bits per heavy atom. The molecule has 2 N–H and O–H groups in total. The quantitative estimate of drug-likeness (QED) is 0.272. The summed E-state index contributed by atoms with van der Waals surface area (Å²) in [5.74, 6) is 0. The zero-order chi connectivity index (χ0) is 6.08. The Hall–Kier alpha value is 0.610. The summed E-state index contributed by atoms with van der Waals surface area (Å²) in [7, 11) is -3.40. The molecule has 0 spiro atoms. The Bertz CT molecular complexity index is 135. The van der Waals surface area contributed by atoms with Gasteiger partial charge in [0.05, 0.1) is 0 Å². The second-order valence-electron chi connectivity index (χ2n) is 0.906. The molecule has 0 saturated carbocycles. The maximum Gasteiger partial charge on any atom is 0.223 e. The van der Waals surface area contributed by atoms with Gasteiger partial charge >= 0.3 is 0 Å². The lowest BCUT2D eigenvalue weighted by atomic mass is 11.5. The zero-order valence-electron chi connectivity index (χ0n) is 3.27. The minimum absolute atomic E-state index is 1.17. The third kappa shape index (κ3) is 3.22. The number of thiol groups is 2. The van der Waals surface area contributed by atoms with Crippen molar-refractivity contribution in [2.24, 2.45) is 5.73 Å². The third-order valence-electron chi connectivity index (χ3n) is 0.305. The molecule has 0 bridgehead atoms. The van der Waals surface area contributed by atoms with Gasteiger partial charge in [0.1, 0.15) is 0 Å². The number of hydrogen-bond acceptors (Lipinski definition) is 4. The molecule has 0 aliphatic carbocycles. The Morgan fingerprint density at radius 2 is 1.71 bits per heavy atom. The van der Waals surface area contributed by atoms with Crippen molar-refractivity contribution in [3.8, 4) is 0 Å². The fraction of sp³-hybridized carbons (Fsp3) is 1.00. The average molecular weight is 159 g/mol.